The van der Waals surface area contributed by atoms with Crippen LogP contribution in [0.15, 0.2) is 41.8 Å². The zero-order chi connectivity index (χ0) is 20.1. The summed E-state index contributed by atoms with van der Waals surface area (Å²) in [5, 5.41) is 5.68. The van der Waals surface area contributed by atoms with Crippen LogP contribution in [0.5, 0.6) is 17.2 Å². The molecule has 0 atom stereocenters. The van der Waals surface area contributed by atoms with Crippen LogP contribution in [0.2, 0.25) is 0 Å². The zero-order valence-corrected chi connectivity index (χ0v) is 18.3. The minimum absolute atomic E-state index is 0. The van der Waals surface area contributed by atoms with Gasteiger partial charge in [-0.05, 0) is 24.7 Å². The average molecular weight is 435 g/mol. The van der Waals surface area contributed by atoms with E-state index >= 15 is 0 Å². The average Bonchev–Trinajstić information content (AvgIpc) is 3.23. The summed E-state index contributed by atoms with van der Waals surface area (Å²) in [6.07, 6.45) is 0. The van der Waals surface area contributed by atoms with Gasteiger partial charge in [0.2, 0.25) is 11.5 Å². The van der Waals surface area contributed by atoms with Gasteiger partial charge in [-0.25, -0.2) is 4.98 Å². The van der Waals surface area contributed by atoms with Crippen LogP contribution in [0.4, 0.5) is 0 Å². The molecule has 3 rings (SSSR count). The molecule has 0 saturated carbocycles. The van der Waals surface area contributed by atoms with E-state index in [0.29, 0.717) is 28.5 Å². The molecule has 0 aliphatic heterocycles. The number of rotatable bonds is 8. The van der Waals surface area contributed by atoms with Crippen molar-refractivity contribution in [1.82, 2.24) is 10.3 Å². The predicted molar refractivity (Wildman–Crippen MR) is 117 cm³/mol. The van der Waals surface area contributed by atoms with Gasteiger partial charge < -0.3 is 19.5 Å². The standard InChI is InChI=1S/C21H22N2O4S.ClH/c1-22-11-13-5-7-14(8-6-13)21-23-16(12-28-21)19(24)15-9-17(25-2)20(27-4)18(10-15)26-3;/h5-10,12,22H,11H2,1-4H3;1H. The highest BCUT2D eigenvalue weighted by Gasteiger charge is 2.20. The van der Waals surface area contributed by atoms with Crippen LogP contribution in [0.25, 0.3) is 10.6 Å². The Morgan fingerprint density at radius 3 is 2.17 bits per heavy atom. The predicted octanol–water partition coefficient (Wildman–Crippen LogP) is 4.21. The summed E-state index contributed by atoms with van der Waals surface area (Å²) in [4.78, 5) is 17.5. The van der Waals surface area contributed by atoms with Crippen molar-refractivity contribution in [3.63, 3.8) is 0 Å². The van der Waals surface area contributed by atoms with Crippen LogP contribution in [-0.4, -0.2) is 39.1 Å². The van der Waals surface area contributed by atoms with Gasteiger partial charge in [0, 0.05) is 23.1 Å². The van der Waals surface area contributed by atoms with Crippen molar-refractivity contribution < 1.29 is 19.0 Å². The number of halogens is 1. The number of carbonyl (C=O) groups excluding carboxylic acids is 1. The smallest absolute Gasteiger partial charge is 0.212 e. The summed E-state index contributed by atoms with van der Waals surface area (Å²) in [5.74, 6) is 1.11. The number of hydrogen-bond acceptors (Lipinski definition) is 7. The number of aromatic nitrogens is 1. The van der Waals surface area contributed by atoms with Crippen LogP contribution in [-0.2, 0) is 6.54 Å². The largest absolute Gasteiger partial charge is 0.493 e. The Labute approximate surface area is 180 Å². The van der Waals surface area contributed by atoms with Gasteiger partial charge in [-0.1, -0.05) is 24.3 Å². The lowest BCUT2D eigenvalue weighted by molar-refractivity contribution is 0.103. The normalized spacial score (nSPS) is 10.2. The Hall–Kier alpha value is -2.61. The fourth-order valence-electron chi connectivity index (χ4n) is 2.84. The highest BCUT2D eigenvalue weighted by molar-refractivity contribution is 7.13. The summed E-state index contributed by atoms with van der Waals surface area (Å²) in [7, 11) is 6.47. The maximum Gasteiger partial charge on any atom is 0.212 e. The zero-order valence-electron chi connectivity index (χ0n) is 16.6. The van der Waals surface area contributed by atoms with Crippen molar-refractivity contribution in [2.45, 2.75) is 6.54 Å². The lowest BCUT2D eigenvalue weighted by Crippen LogP contribution is -2.05. The highest BCUT2D eigenvalue weighted by Crippen LogP contribution is 2.39. The first kappa shape index (κ1) is 22.7. The monoisotopic (exact) mass is 434 g/mol. The van der Waals surface area contributed by atoms with E-state index in [2.05, 4.69) is 10.3 Å². The third-order valence-corrected chi connectivity index (χ3v) is 5.14. The van der Waals surface area contributed by atoms with Crippen LogP contribution < -0.4 is 19.5 Å². The van der Waals surface area contributed by atoms with E-state index < -0.39 is 0 Å². The van der Waals surface area contributed by atoms with Gasteiger partial charge in [-0.2, -0.15) is 0 Å². The first-order valence-corrected chi connectivity index (χ1v) is 9.53. The molecule has 0 radical (unpaired) electrons. The molecule has 8 heteroatoms. The molecule has 0 spiro atoms. The summed E-state index contributed by atoms with van der Waals surface area (Å²) in [6, 6.07) is 11.4. The first-order valence-electron chi connectivity index (χ1n) is 8.65. The fraction of sp³-hybridized carbons (Fsp3) is 0.238. The molecule has 0 saturated heterocycles. The van der Waals surface area contributed by atoms with E-state index in [1.165, 1.54) is 38.2 Å². The molecular formula is C21H23ClN2O4S. The van der Waals surface area contributed by atoms with Crippen molar-refractivity contribution in [1.29, 1.82) is 0 Å². The fourth-order valence-corrected chi connectivity index (χ4v) is 3.65. The number of ether oxygens (including phenoxy) is 3. The molecule has 0 unspecified atom stereocenters. The van der Waals surface area contributed by atoms with Crippen molar-refractivity contribution in [3.05, 3.63) is 58.6 Å². The molecule has 3 aromatic rings. The number of ketones is 1. The SMILES string of the molecule is CNCc1ccc(-c2nc(C(=O)c3cc(OC)c(OC)c(OC)c3)cs2)cc1.Cl. The second kappa shape index (κ2) is 10.2. The number of benzene rings is 2. The number of hydrogen-bond donors (Lipinski definition) is 1. The summed E-state index contributed by atoms with van der Waals surface area (Å²) >= 11 is 1.44. The van der Waals surface area contributed by atoms with Gasteiger partial charge in [0.1, 0.15) is 10.7 Å². The molecule has 0 aliphatic rings. The number of nitrogens with one attached hydrogen (secondary N) is 1. The molecular weight excluding hydrogens is 412 g/mol. The molecule has 29 heavy (non-hydrogen) atoms. The maximum absolute atomic E-state index is 13.0. The molecule has 1 aromatic heterocycles. The second-order valence-electron chi connectivity index (χ2n) is 6.01. The third kappa shape index (κ3) is 4.87. The van der Waals surface area contributed by atoms with Gasteiger partial charge in [-0.15, -0.1) is 23.7 Å². The Kier molecular flexibility index (Phi) is 8.01. The van der Waals surface area contributed by atoms with Crippen LogP contribution in [0, 0.1) is 0 Å². The van der Waals surface area contributed by atoms with Crippen molar-refractivity contribution in [2.24, 2.45) is 0 Å². The van der Waals surface area contributed by atoms with Crippen molar-refractivity contribution in [2.75, 3.05) is 28.4 Å². The number of methoxy groups -OCH3 is 3. The molecule has 0 amide bonds. The molecule has 1 heterocycles. The number of carbonyl (C=O) groups is 1. The van der Waals surface area contributed by atoms with Crippen LogP contribution in [0.1, 0.15) is 21.6 Å². The molecule has 0 fully saturated rings. The molecule has 154 valence electrons. The Morgan fingerprint density at radius 2 is 1.66 bits per heavy atom. The van der Waals surface area contributed by atoms with E-state index in [-0.39, 0.29) is 18.2 Å². The lowest BCUT2D eigenvalue weighted by atomic mass is 10.1. The number of nitrogens with zero attached hydrogens (tertiary/aromatic N) is 1. The summed E-state index contributed by atoms with van der Waals surface area (Å²) < 4.78 is 16.0. The Morgan fingerprint density at radius 1 is 1.03 bits per heavy atom. The van der Waals surface area contributed by atoms with Gasteiger partial charge in [-0.3, -0.25) is 4.79 Å². The van der Waals surface area contributed by atoms with E-state index in [4.69, 9.17) is 14.2 Å². The van der Waals surface area contributed by atoms with Crippen LogP contribution in [0.3, 0.4) is 0 Å². The minimum atomic E-state index is -0.200. The Bertz CT molecular complexity index is 948. The lowest BCUT2D eigenvalue weighted by Gasteiger charge is -2.13. The van der Waals surface area contributed by atoms with Crippen molar-refractivity contribution in [3.8, 4) is 27.8 Å². The third-order valence-electron chi connectivity index (χ3n) is 4.25. The van der Waals surface area contributed by atoms with Crippen LogP contribution >= 0.6 is 23.7 Å². The second-order valence-corrected chi connectivity index (χ2v) is 6.87. The van der Waals surface area contributed by atoms with E-state index in [1.54, 1.807) is 17.5 Å². The van der Waals surface area contributed by atoms with Gasteiger partial charge in [0.05, 0.1) is 21.3 Å². The summed E-state index contributed by atoms with van der Waals surface area (Å²) in [6.45, 7) is 0.809. The number of thiazole rings is 1. The Balaban J connectivity index is 0.00000300. The topological polar surface area (TPSA) is 69.7 Å². The van der Waals surface area contributed by atoms with E-state index in [9.17, 15) is 4.79 Å². The molecule has 0 aliphatic carbocycles. The van der Waals surface area contributed by atoms with Crippen molar-refractivity contribution >= 4 is 29.5 Å². The first-order chi connectivity index (χ1) is 13.6. The highest BCUT2D eigenvalue weighted by atomic mass is 35.5. The van der Waals surface area contributed by atoms with E-state index in [1.807, 2.05) is 31.3 Å². The molecule has 1 N–H and O–H groups in total. The molecule has 0 bridgehead atoms. The van der Waals surface area contributed by atoms with Gasteiger partial charge in [0.25, 0.3) is 0 Å². The molecule has 2 aromatic carbocycles. The van der Waals surface area contributed by atoms with Gasteiger partial charge in [0.15, 0.2) is 11.5 Å². The molecule has 6 nitrogen and oxygen atoms in total. The van der Waals surface area contributed by atoms with E-state index in [0.717, 1.165) is 17.1 Å². The maximum atomic E-state index is 13.0. The minimum Gasteiger partial charge on any atom is -0.493 e. The van der Waals surface area contributed by atoms with Gasteiger partial charge >= 0.3 is 0 Å². The quantitative estimate of drug-likeness (QED) is 0.535. The summed E-state index contributed by atoms with van der Waals surface area (Å²) in [5.41, 5.74) is 2.98.